The first-order valence-corrected chi connectivity index (χ1v) is 13.3. The number of aromatic carboxylic acids is 1. The zero-order chi connectivity index (χ0) is 27.8. The van der Waals surface area contributed by atoms with Crippen LogP contribution in [0.2, 0.25) is 5.02 Å². The monoisotopic (exact) mass is 562 g/mol. The number of carbonyl (C=O) groups is 2. The number of furan rings is 1. The van der Waals surface area contributed by atoms with Gasteiger partial charge in [-0.25, -0.2) is 14.6 Å². The molecule has 0 amide bonds. The van der Waals surface area contributed by atoms with Gasteiger partial charge in [0.15, 0.2) is 4.80 Å². The Balaban J connectivity index is 1.64. The largest absolute Gasteiger partial charge is 0.478 e. The highest BCUT2D eigenvalue weighted by molar-refractivity contribution is 7.07. The van der Waals surface area contributed by atoms with Crippen LogP contribution in [0.25, 0.3) is 17.4 Å². The molecule has 39 heavy (non-hydrogen) atoms. The molecule has 3 heterocycles. The van der Waals surface area contributed by atoms with Gasteiger partial charge in [-0.2, -0.15) is 0 Å². The highest BCUT2D eigenvalue weighted by Crippen LogP contribution is 2.34. The Kier molecular flexibility index (Phi) is 7.12. The van der Waals surface area contributed by atoms with Gasteiger partial charge in [0, 0.05) is 16.7 Å². The van der Waals surface area contributed by atoms with Crippen LogP contribution < -0.4 is 14.9 Å². The minimum absolute atomic E-state index is 0.172. The van der Waals surface area contributed by atoms with Gasteiger partial charge in [-0.1, -0.05) is 53.3 Å². The normalized spacial score (nSPS) is 15.2. The molecule has 1 atom stereocenters. The van der Waals surface area contributed by atoms with E-state index in [4.69, 9.17) is 20.8 Å². The molecule has 198 valence electrons. The Morgan fingerprint density at radius 1 is 1.15 bits per heavy atom. The van der Waals surface area contributed by atoms with Crippen molar-refractivity contribution in [2.45, 2.75) is 26.8 Å². The summed E-state index contributed by atoms with van der Waals surface area (Å²) in [5, 5.41) is 9.85. The number of esters is 1. The maximum absolute atomic E-state index is 13.8. The number of halogens is 1. The van der Waals surface area contributed by atoms with E-state index in [9.17, 15) is 19.5 Å². The zero-order valence-corrected chi connectivity index (χ0v) is 22.8. The quantitative estimate of drug-likeness (QED) is 0.340. The van der Waals surface area contributed by atoms with Gasteiger partial charge in [-0.05, 0) is 56.2 Å². The molecule has 4 aromatic rings. The number of ether oxygens (including phenoxy) is 1. The van der Waals surface area contributed by atoms with E-state index in [0.717, 1.165) is 0 Å². The smallest absolute Gasteiger partial charge is 0.338 e. The Morgan fingerprint density at radius 2 is 1.92 bits per heavy atom. The highest BCUT2D eigenvalue weighted by Gasteiger charge is 2.34. The van der Waals surface area contributed by atoms with Gasteiger partial charge in [0.2, 0.25) is 0 Å². The lowest BCUT2D eigenvalue weighted by molar-refractivity contribution is -0.139. The minimum Gasteiger partial charge on any atom is -0.478 e. The number of benzene rings is 2. The second-order valence-electron chi connectivity index (χ2n) is 8.81. The van der Waals surface area contributed by atoms with E-state index in [1.807, 2.05) is 0 Å². The van der Waals surface area contributed by atoms with Crippen molar-refractivity contribution in [3.63, 3.8) is 0 Å². The summed E-state index contributed by atoms with van der Waals surface area (Å²) in [6.07, 6.45) is 1.61. The summed E-state index contributed by atoms with van der Waals surface area (Å²) >= 11 is 7.70. The number of fused-ring (bicyclic) bond motifs is 1. The minimum atomic E-state index is -1.02. The first kappa shape index (κ1) is 26.4. The number of carboxylic acid groups (broad SMARTS) is 1. The van der Waals surface area contributed by atoms with Crippen LogP contribution in [0.3, 0.4) is 0 Å². The molecule has 10 heteroatoms. The summed E-state index contributed by atoms with van der Waals surface area (Å²) in [5.74, 6) is -0.699. The highest BCUT2D eigenvalue weighted by atomic mass is 35.5. The molecule has 8 nitrogen and oxygen atoms in total. The number of thiazole rings is 1. The van der Waals surface area contributed by atoms with E-state index >= 15 is 0 Å². The van der Waals surface area contributed by atoms with Crippen LogP contribution in [0.1, 0.15) is 47.1 Å². The molecule has 1 aliphatic rings. The molecular formula is C29H23ClN2O6S. The van der Waals surface area contributed by atoms with E-state index in [1.54, 1.807) is 75.4 Å². The van der Waals surface area contributed by atoms with Crippen LogP contribution in [0.15, 0.2) is 80.1 Å². The Morgan fingerprint density at radius 3 is 2.64 bits per heavy atom. The first-order valence-electron chi connectivity index (χ1n) is 12.1. The van der Waals surface area contributed by atoms with Crippen molar-refractivity contribution in [3.8, 4) is 11.3 Å². The van der Waals surface area contributed by atoms with Crippen molar-refractivity contribution in [3.05, 3.63) is 113 Å². The summed E-state index contributed by atoms with van der Waals surface area (Å²) < 4.78 is 13.1. The Hall–Kier alpha value is -4.21. The number of hydrogen-bond donors (Lipinski definition) is 1. The molecule has 1 unspecified atom stereocenters. The third-order valence-electron chi connectivity index (χ3n) is 6.45. The lowest BCUT2D eigenvalue weighted by atomic mass is 9.96. The Bertz CT molecular complexity index is 1850. The molecule has 0 bridgehead atoms. The van der Waals surface area contributed by atoms with Crippen molar-refractivity contribution >= 4 is 41.0 Å². The molecule has 0 saturated carbocycles. The molecule has 2 aromatic carbocycles. The standard InChI is InChI=1S/C29H23ClN2O6S/c1-4-37-28(36)24-16(3)31-29-32(25(24)20-8-5-6-11-21(20)30)26(33)23(39-29)14-17-12-13-22(38-17)18-9-7-10-19(15(18)2)27(34)35/h5-14,25H,4H2,1-3H3,(H,34,35). The number of aromatic nitrogens is 1. The number of carboxylic acids is 1. The van der Waals surface area contributed by atoms with Crippen LogP contribution in [0.5, 0.6) is 0 Å². The third kappa shape index (κ3) is 4.75. The maximum Gasteiger partial charge on any atom is 0.338 e. The summed E-state index contributed by atoms with van der Waals surface area (Å²) in [6.45, 7) is 5.31. The average molecular weight is 563 g/mol. The van der Waals surface area contributed by atoms with Crippen LogP contribution in [0, 0.1) is 6.92 Å². The van der Waals surface area contributed by atoms with Crippen molar-refractivity contribution in [2.75, 3.05) is 6.61 Å². The van der Waals surface area contributed by atoms with Gasteiger partial charge in [-0.15, -0.1) is 0 Å². The van der Waals surface area contributed by atoms with Crippen molar-refractivity contribution in [1.29, 1.82) is 0 Å². The predicted molar refractivity (Wildman–Crippen MR) is 148 cm³/mol. The predicted octanol–water partition coefficient (Wildman–Crippen LogP) is 4.72. The molecule has 1 aliphatic heterocycles. The van der Waals surface area contributed by atoms with Crippen LogP contribution >= 0.6 is 22.9 Å². The van der Waals surface area contributed by atoms with Crippen molar-refractivity contribution < 1.29 is 23.8 Å². The van der Waals surface area contributed by atoms with Gasteiger partial charge < -0.3 is 14.3 Å². The van der Waals surface area contributed by atoms with Gasteiger partial charge in [0.1, 0.15) is 17.6 Å². The summed E-state index contributed by atoms with van der Waals surface area (Å²) in [4.78, 5) is 43.3. The fourth-order valence-corrected chi connectivity index (χ4v) is 5.89. The van der Waals surface area contributed by atoms with Crippen molar-refractivity contribution in [1.82, 2.24) is 4.57 Å². The number of rotatable bonds is 6. The molecule has 1 N–H and O–H groups in total. The molecule has 0 aliphatic carbocycles. The SMILES string of the molecule is CCOC(=O)C1=C(C)N=c2sc(=Cc3ccc(-c4cccc(C(=O)O)c4C)o3)c(=O)n2C1c1ccccc1Cl. The molecule has 0 radical (unpaired) electrons. The zero-order valence-electron chi connectivity index (χ0n) is 21.2. The van der Waals surface area contributed by atoms with E-state index < -0.39 is 18.0 Å². The summed E-state index contributed by atoms with van der Waals surface area (Å²) in [5.41, 5.74) is 2.32. The average Bonchev–Trinajstić information content (AvgIpc) is 3.48. The fraction of sp³-hybridized carbons (Fsp3) is 0.172. The van der Waals surface area contributed by atoms with Gasteiger partial charge in [0.25, 0.3) is 5.56 Å². The second kappa shape index (κ2) is 10.5. The van der Waals surface area contributed by atoms with Gasteiger partial charge >= 0.3 is 11.9 Å². The second-order valence-corrected chi connectivity index (χ2v) is 10.2. The maximum atomic E-state index is 13.8. The van der Waals surface area contributed by atoms with E-state index in [-0.39, 0.29) is 23.3 Å². The fourth-order valence-electron chi connectivity index (χ4n) is 4.62. The number of hydrogen-bond acceptors (Lipinski definition) is 7. The lowest BCUT2D eigenvalue weighted by Gasteiger charge is -2.25. The number of carbonyl (C=O) groups excluding carboxylic acids is 1. The number of nitrogens with zero attached hydrogens (tertiary/aromatic N) is 2. The van der Waals surface area contributed by atoms with Crippen LogP contribution in [0.4, 0.5) is 0 Å². The third-order valence-corrected chi connectivity index (χ3v) is 7.77. The molecule has 0 saturated heterocycles. The molecule has 2 aromatic heterocycles. The van der Waals surface area contributed by atoms with Crippen molar-refractivity contribution in [2.24, 2.45) is 4.99 Å². The topological polar surface area (TPSA) is 111 Å². The first-order chi connectivity index (χ1) is 18.7. The summed E-state index contributed by atoms with van der Waals surface area (Å²) in [7, 11) is 0. The van der Waals surface area contributed by atoms with Gasteiger partial charge in [0.05, 0.1) is 28.0 Å². The summed E-state index contributed by atoms with van der Waals surface area (Å²) in [6, 6.07) is 14.6. The van der Waals surface area contributed by atoms with E-state index in [2.05, 4.69) is 4.99 Å². The van der Waals surface area contributed by atoms with Crippen LogP contribution in [-0.2, 0) is 9.53 Å². The molecule has 0 fully saturated rings. The molecule has 5 rings (SSSR count). The number of allylic oxidation sites excluding steroid dienone is 1. The van der Waals surface area contributed by atoms with E-state index in [1.165, 1.54) is 22.0 Å². The Labute approximate surface area is 231 Å². The van der Waals surface area contributed by atoms with Crippen LogP contribution in [-0.4, -0.2) is 28.2 Å². The molecular weight excluding hydrogens is 540 g/mol. The lowest BCUT2D eigenvalue weighted by Crippen LogP contribution is -2.40. The van der Waals surface area contributed by atoms with Gasteiger partial charge in [-0.3, -0.25) is 9.36 Å². The molecule has 0 spiro atoms. The van der Waals surface area contributed by atoms with E-state index in [0.29, 0.717) is 48.3 Å².